The second kappa shape index (κ2) is 9.71. The lowest BCUT2D eigenvalue weighted by Crippen LogP contribution is -2.19. The van der Waals surface area contributed by atoms with Crippen LogP contribution in [0.1, 0.15) is 23.6 Å². The molecule has 1 aromatic heterocycles. The molecule has 34 heavy (non-hydrogen) atoms. The van der Waals surface area contributed by atoms with Crippen molar-refractivity contribution in [1.29, 1.82) is 0 Å². The number of rotatable bonds is 5. The number of hydrogen-bond acceptors (Lipinski definition) is 3. The van der Waals surface area contributed by atoms with E-state index in [0.717, 1.165) is 34.1 Å². The number of benzene rings is 3. The maximum Gasteiger partial charge on any atom is 0.264 e. The lowest BCUT2D eigenvalue weighted by Gasteiger charge is -2.06. The molecule has 0 aliphatic carbocycles. The van der Waals surface area contributed by atoms with E-state index in [1.54, 1.807) is 0 Å². The molecule has 0 bridgehead atoms. The van der Waals surface area contributed by atoms with Crippen LogP contribution in [-0.4, -0.2) is 15.6 Å². The molecule has 1 fully saturated rings. The molecule has 1 amide bonds. The number of thioether (sulfide) groups is 1. The Balaban J connectivity index is 1.44. The maximum absolute atomic E-state index is 12.7. The van der Waals surface area contributed by atoms with E-state index in [1.165, 1.54) is 17.3 Å². The number of nitrogens with zero attached hydrogens (tertiary/aromatic N) is 2. The van der Waals surface area contributed by atoms with Crippen molar-refractivity contribution in [2.45, 2.75) is 19.9 Å². The van der Waals surface area contributed by atoms with Crippen LogP contribution in [0.3, 0.4) is 0 Å². The van der Waals surface area contributed by atoms with Gasteiger partial charge >= 0.3 is 0 Å². The van der Waals surface area contributed by atoms with Crippen LogP contribution < -0.4 is 5.32 Å². The number of amides is 1. The fourth-order valence-electron chi connectivity index (χ4n) is 3.90. The van der Waals surface area contributed by atoms with E-state index < -0.39 is 0 Å². The lowest BCUT2D eigenvalue weighted by atomic mass is 10.1. The van der Waals surface area contributed by atoms with Crippen LogP contribution in [0.15, 0.2) is 82.8 Å². The molecule has 1 N–H and O–H groups in total. The summed E-state index contributed by atoms with van der Waals surface area (Å²) in [5.41, 5.74) is 5.17. The number of amidine groups is 1. The van der Waals surface area contributed by atoms with Crippen LogP contribution >= 0.6 is 35.0 Å². The van der Waals surface area contributed by atoms with Gasteiger partial charge in [0.25, 0.3) is 5.91 Å². The van der Waals surface area contributed by atoms with Crippen molar-refractivity contribution in [1.82, 2.24) is 9.88 Å². The first-order valence-electron chi connectivity index (χ1n) is 10.9. The Morgan fingerprint density at radius 2 is 1.76 bits per heavy atom. The van der Waals surface area contributed by atoms with E-state index in [9.17, 15) is 4.79 Å². The third kappa shape index (κ3) is 4.78. The quantitative estimate of drug-likeness (QED) is 0.286. The second-order valence-electron chi connectivity index (χ2n) is 7.98. The molecule has 4 aromatic rings. The molecule has 7 heteroatoms. The summed E-state index contributed by atoms with van der Waals surface area (Å²) in [6, 6.07) is 21.9. The smallest absolute Gasteiger partial charge is 0.264 e. The van der Waals surface area contributed by atoms with Crippen LogP contribution in [-0.2, 0) is 17.8 Å². The minimum Gasteiger partial charge on any atom is -0.342 e. The van der Waals surface area contributed by atoms with Gasteiger partial charge in [0.1, 0.15) is 0 Å². The van der Waals surface area contributed by atoms with Gasteiger partial charge in [-0.25, -0.2) is 4.99 Å². The number of aliphatic imine (C=N–C) groups is 1. The molecule has 0 spiro atoms. The molecule has 3 aromatic carbocycles. The van der Waals surface area contributed by atoms with Gasteiger partial charge in [-0.2, -0.15) is 0 Å². The van der Waals surface area contributed by atoms with Crippen molar-refractivity contribution >= 4 is 68.7 Å². The molecule has 170 valence electrons. The predicted molar refractivity (Wildman–Crippen MR) is 144 cm³/mol. The van der Waals surface area contributed by atoms with Crippen LogP contribution in [0.2, 0.25) is 10.0 Å². The van der Waals surface area contributed by atoms with Crippen molar-refractivity contribution < 1.29 is 4.79 Å². The number of nitrogens with one attached hydrogen (secondary N) is 1. The van der Waals surface area contributed by atoms with E-state index in [2.05, 4.69) is 52.3 Å². The molecule has 0 atom stereocenters. The first kappa shape index (κ1) is 22.8. The van der Waals surface area contributed by atoms with Crippen molar-refractivity contribution in [2.75, 3.05) is 0 Å². The molecule has 5 rings (SSSR count). The van der Waals surface area contributed by atoms with Crippen molar-refractivity contribution in [3.05, 3.63) is 105 Å². The highest BCUT2D eigenvalue weighted by molar-refractivity contribution is 8.18. The molecular formula is C27H21Cl2N3OS. The topological polar surface area (TPSA) is 46.4 Å². The summed E-state index contributed by atoms with van der Waals surface area (Å²) in [5, 5.41) is 5.61. The van der Waals surface area contributed by atoms with Gasteiger partial charge in [-0.3, -0.25) is 4.79 Å². The molecule has 4 nitrogen and oxygen atoms in total. The first-order valence-corrected chi connectivity index (χ1v) is 12.5. The summed E-state index contributed by atoms with van der Waals surface area (Å²) in [7, 11) is 0. The fraction of sp³-hybridized carbons (Fsp3) is 0.111. The number of fused-ring (bicyclic) bond motifs is 1. The van der Waals surface area contributed by atoms with Crippen LogP contribution in [0.5, 0.6) is 0 Å². The molecule has 0 radical (unpaired) electrons. The summed E-state index contributed by atoms with van der Waals surface area (Å²) in [6.45, 7) is 2.76. The van der Waals surface area contributed by atoms with E-state index in [0.29, 0.717) is 26.7 Å². The van der Waals surface area contributed by atoms with E-state index in [-0.39, 0.29) is 5.91 Å². The highest BCUT2D eigenvalue weighted by atomic mass is 35.5. The Morgan fingerprint density at radius 3 is 2.53 bits per heavy atom. The minimum absolute atomic E-state index is 0.143. The van der Waals surface area contributed by atoms with Gasteiger partial charge in [-0.1, -0.05) is 66.5 Å². The van der Waals surface area contributed by atoms with Gasteiger partial charge in [0.15, 0.2) is 5.17 Å². The van der Waals surface area contributed by atoms with Crippen LogP contribution in [0, 0.1) is 0 Å². The van der Waals surface area contributed by atoms with E-state index in [4.69, 9.17) is 23.2 Å². The highest BCUT2D eigenvalue weighted by Crippen LogP contribution is 2.32. The van der Waals surface area contributed by atoms with E-state index >= 15 is 0 Å². The average Bonchev–Trinajstić information content (AvgIpc) is 3.36. The zero-order valence-electron chi connectivity index (χ0n) is 18.4. The fourth-order valence-corrected chi connectivity index (χ4v) is 5.05. The van der Waals surface area contributed by atoms with Gasteiger partial charge in [-0.15, -0.1) is 0 Å². The molecule has 2 heterocycles. The van der Waals surface area contributed by atoms with Gasteiger partial charge in [0.05, 0.1) is 20.6 Å². The molecule has 1 saturated heterocycles. The number of para-hydroxylation sites is 1. The van der Waals surface area contributed by atoms with Crippen molar-refractivity contribution in [2.24, 2.45) is 4.99 Å². The number of hydrogen-bond donors (Lipinski definition) is 1. The van der Waals surface area contributed by atoms with Crippen molar-refractivity contribution in [3.8, 4) is 0 Å². The van der Waals surface area contributed by atoms with Gasteiger partial charge in [0.2, 0.25) is 0 Å². The molecule has 1 aliphatic heterocycles. The zero-order valence-corrected chi connectivity index (χ0v) is 20.7. The Hall–Kier alpha value is -2.99. The number of carbonyl (C=O) groups excluding carboxylic acids is 1. The van der Waals surface area contributed by atoms with Gasteiger partial charge in [-0.05, 0) is 65.7 Å². The monoisotopic (exact) mass is 505 g/mol. The molecule has 0 saturated carbocycles. The van der Waals surface area contributed by atoms with Crippen molar-refractivity contribution in [3.63, 3.8) is 0 Å². The largest absolute Gasteiger partial charge is 0.342 e. The van der Waals surface area contributed by atoms with Crippen LogP contribution in [0.25, 0.3) is 17.0 Å². The number of halogens is 2. The number of aromatic nitrogens is 1. The normalized spacial score (nSPS) is 16.0. The van der Waals surface area contributed by atoms with Crippen LogP contribution in [0.4, 0.5) is 5.69 Å². The highest BCUT2D eigenvalue weighted by Gasteiger charge is 2.24. The summed E-state index contributed by atoms with van der Waals surface area (Å²) < 4.78 is 2.16. The van der Waals surface area contributed by atoms with E-state index in [1.807, 2.05) is 48.5 Å². The predicted octanol–water partition coefficient (Wildman–Crippen LogP) is 7.45. The Bertz CT molecular complexity index is 1450. The minimum atomic E-state index is -0.143. The Kier molecular flexibility index (Phi) is 6.50. The van der Waals surface area contributed by atoms with Gasteiger partial charge < -0.3 is 9.88 Å². The Labute approximate surface area is 212 Å². The zero-order chi connectivity index (χ0) is 23.7. The standard InChI is InChI=1S/C27H21Cl2N3OS/c1-2-17-7-10-20(11-8-17)30-27-31-26(33)25(34-27)14-19-16-32(24-6-4-3-5-21(19)24)15-18-9-12-22(28)23(29)13-18/h3-14,16H,2,15H2,1H3,(H,30,31,33)/b25-14-. The Morgan fingerprint density at radius 1 is 1.00 bits per heavy atom. The summed E-state index contributed by atoms with van der Waals surface area (Å²) >= 11 is 13.6. The molecule has 1 aliphatic rings. The SMILES string of the molecule is CCc1ccc(N=C2NC(=O)/C(=C/c3cn(Cc4ccc(Cl)c(Cl)c4)c4ccccc34)S2)cc1. The summed E-state index contributed by atoms with van der Waals surface area (Å²) in [4.78, 5) is 17.9. The summed E-state index contributed by atoms with van der Waals surface area (Å²) in [5.74, 6) is -0.143. The first-order chi connectivity index (χ1) is 16.5. The molecule has 0 unspecified atom stereocenters. The number of carbonyl (C=O) groups is 1. The maximum atomic E-state index is 12.7. The third-order valence-electron chi connectivity index (χ3n) is 5.67. The lowest BCUT2D eigenvalue weighted by molar-refractivity contribution is -0.115. The average molecular weight is 506 g/mol. The second-order valence-corrected chi connectivity index (χ2v) is 9.82. The third-order valence-corrected chi connectivity index (χ3v) is 7.32. The molecular weight excluding hydrogens is 485 g/mol. The van der Waals surface area contributed by atoms with Gasteiger partial charge in [0, 0.05) is 29.2 Å². The summed E-state index contributed by atoms with van der Waals surface area (Å²) in [6.07, 6.45) is 4.97. The number of aryl methyl sites for hydroxylation is 1.